The van der Waals surface area contributed by atoms with E-state index in [9.17, 15) is 5.11 Å². The standard InChI is InChI=1S/C13H10Cl3N3O2/c1-21-11-3-7(2-9(15)12(11)20)5-18-19-13-10(16)4-8(14)6-17-13/h2-6,20H,1H3,(H,17,19)/b18-5-. The van der Waals surface area contributed by atoms with Gasteiger partial charge in [0.15, 0.2) is 17.3 Å². The van der Waals surface area contributed by atoms with Gasteiger partial charge in [0.05, 0.1) is 28.4 Å². The number of phenolic OH excluding ortho intramolecular Hbond substituents is 1. The summed E-state index contributed by atoms with van der Waals surface area (Å²) in [7, 11) is 1.43. The molecule has 2 rings (SSSR count). The molecule has 110 valence electrons. The molecule has 0 aliphatic rings. The van der Waals surface area contributed by atoms with Gasteiger partial charge in [-0.25, -0.2) is 4.98 Å². The van der Waals surface area contributed by atoms with Crippen LogP contribution < -0.4 is 10.2 Å². The third-order valence-electron chi connectivity index (χ3n) is 2.46. The molecule has 0 saturated carbocycles. The number of anilines is 1. The number of hydrazone groups is 1. The summed E-state index contributed by atoms with van der Waals surface area (Å²) in [5.74, 6) is 0.507. The van der Waals surface area contributed by atoms with Gasteiger partial charge >= 0.3 is 0 Å². The van der Waals surface area contributed by atoms with Gasteiger partial charge in [-0.1, -0.05) is 34.8 Å². The number of hydrogen-bond donors (Lipinski definition) is 2. The second-order valence-corrected chi connectivity index (χ2v) is 5.16. The van der Waals surface area contributed by atoms with E-state index in [0.29, 0.717) is 21.4 Å². The van der Waals surface area contributed by atoms with Crippen molar-refractivity contribution in [1.29, 1.82) is 0 Å². The number of benzene rings is 1. The summed E-state index contributed by atoms with van der Waals surface area (Å²) >= 11 is 17.6. The summed E-state index contributed by atoms with van der Waals surface area (Å²) in [6.07, 6.45) is 2.94. The number of aromatic hydroxyl groups is 1. The Morgan fingerprint density at radius 1 is 1.24 bits per heavy atom. The quantitative estimate of drug-likeness (QED) is 0.643. The first-order valence-corrected chi connectivity index (χ1v) is 6.81. The van der Waals surface area contributed by atoms with Crippen molar-refractivity contribution >= 4 is 46.8 Å². The molecule has 1 aromatic carbocycles. The molecule has 8 heteroatoms. The SMILES string of the molecule is COc1cc(/C=N\Nc2ncc(Cl)cc2Cl)cc(Cl)c1O. The van der Waals surface area contributed by atoms with Crippen LogP contribution in [0.4, 0.5) is 5.82 Å². The summed E-state index contributed by atoms with van der Waals surface area (Å²) in [5.41, 5.74) is 3.31. The number of nitrogens with zero attached hydrogens (tertiary/aromatic N) is 2. The predicted octanol–water partition coefficient (Wildman–Crippen LogP) is 4.20. The summed E-state index contributed by atoms with van der Waals surface area (Å²) in [4.78, 5) is 3.99. The molecule has 0 aliphatic heterocycles. The molecule has 0 unspecified atom stereocenters. The lowest BCUT2D eigenvalue weighted by atomic mass is 10.2. The molecular formula is C13H10Cl3N3O2. The maximum atomic E-state index is 9.63. The van der Waals surface area contributed by atoms with Crippen LogP contribution in [0.15, 0.2) is 29.5 Å². The lowest BCUT2D eigenvalue weighted by Gasteiger charge is -2.06. The number of ether oxygens (including phenoxy) is 1. The van der Waals surface area contributed by atoms with Crippen LogP contribution >= 0.6 is 34.8 Å². The van der Waals surface area contributed by atoms with Gasteiger partial charge in [0.1, 0.15) is 0 Å². The number of pyridine rings is 1. The van der Waals surface area contributed by atoms with E-state index in [2.05, 4.69) is 15.5 Å². The van der Waals surface area contributed by atoms with Crippen LogP contribution in [0.2, 0.25) is 15.1 Å². The highest BCUT2D eigenvalue weighted by Crippen LogP contribution is 2.34. The average molecular weight is 347 g/mol. The minimum atomic E-state index is -0.119. The van der Waals surface area contributed by atoms with Crippen LogP contribution in [0, 0.1) is 0 Å². The second kappa shape index (κ2) is 6.85. The van der Waals surface area contributed by atoms with Crippen molar-refractivity contribution in [3.63, 3.8) is 0 Å². The van der Waals surface area contributed by atoms with E-state index >= 15 is 0 Å². The van der Waals surface area contributed by atoms with Crippen molar-refractivity contribution in [2.24, 2.45) is 5.10 Å². The molecule has 0 radical (unpaired) electrons. The largest absolute Gasteiger partial charge is 0.503 e. The van der Waals surface area contributed by atoms with Gasteiger partial charge in [0.25, 0.3) is 0 Å². The van der Waals surface area contributed by atoms with Crippen LogP contribution in [0.3, 0.4) is 0 Å². The van der Waals surface area contributed by atoms with E-state index in [4.69, 9.17) is 39.5 Å². The smallest absolute Gasteiger partial charge is 0.176 e. The van der Waals surface area contributed by atoms with Crippen molar-refractivity contribution in [3.8, 4) is 11.5 Å². The second-order valence-electron chi connectivity index (χ2n) is 3.91. The zero-order valence-corrected chi connectivity index (χ0v) is 13.0. The van der Waals surface area contributed by atoms with Crippen LogP contribution in [0.25, 0.3) is 0 Å². The molecule has 0 saturated heterocycles. The Kier molecular flexibility index (Phi) is 5.12. The zero-order chi connectivity index (χ0) is 15.4. The highest BCUT2D eigenvalue weighted by molar-refractivity contribution is 6.36. The van der Waals surface area contributed by atoms with E-state index in [0.717, 1.165) is 0 Å². The molecular weight excluding hydrogens is 337 g/mol. The van der Waals surface area contributed by atoms with Crippen molar-refractivity contribution in [2.45, 2.75) is 0 Å². The van der Waals surface area contributed by atoms with Gasteiger partial charge in [0.2, 0.25) is 0 Å². The molecule has 21 heavy (non-hydrogen) atoms. The molecule has 2 aromatic rings. The van der Waals surface area contributed by atoms with Crippen LogP contribution in [0.5, 0.6) is 11.5 Å². The van der Waals surface area contributed by atoms with E-state index in [1.165, 1.54) is 19.5 Å². The number of hydrogen-bond acceptors (Lipinski definition) is 5. The topological polar surface area (TPSA) is 66.7 Å². The Bertz CT molecular complexity index is 693. The van der Waals surface area contributed by atoms with Gasteiger partial charge in [-0.05, 0) is 23.8 Å². The minimum Gasteiger partial charge on any atom is -0.503 e. The van der Waals surface area contributed by atoms with E-state index in [1.807, 2.05) is 0 Å². The number of aromatic nitrogens is 1. The fraction of sp³-hybridized carbons (Fsp3) is 0.0769. The first kappa shape index (κ1) is 15.7. The van der Waals surface area contributed by atoms with E-state index < -0.39 is 0 Å². The van der Waals surface area contributed by atoms with E-state index in [-0.39, 0.29) is 16.5 Å². The minimum absolute atomic E-state index is 0.119. The van der Waals surface area contributed by atoms with Gasteiger partial charge in [-0.2, -0.15) is 5.10 Å². The van der Waals surface area contributed by atoms with Gasteiger partial charge < -0.3 is 9.84 Å². The Morgan fingerprint density at radius 2 is 2.00 bits per heavy atom. The molecule has 1 heterocycles. The maximum absolute atomic E-state index is 9.63. The van der Waals surface area contributed by atoms with Crippen molar-refractivity contribution < 1.29 is 9.84 Å². The highest BCUT2D eigenvalue weighted by Gasteiger charge is 2.08. The third kappa shape index (κ3) is 3.91. The van der Waals surface area contributed by atoms with Crippen LogP contribution in [-0.2, 0) is 0 Å². The Morgan fingerprint density at radius 3 is 2.67 bits per heavy atom. The number of rotatable bonds is 4. The summed E-state index contributed by atoms with van der Waals surface area (Å²) in [6, 6.07) is 4.68. The highest BCUT2D eigenvalue weighted by atomic mass is 35.5. The Balaban J connectivity index is 2.16. The average Bonchev–Trinajstić information content (AvgIpc) is 2.44. The van der Waals surface area contributed by atoms with Gasteiger partial charge in [0, 0.05) is 6.20 Å². The monoisotopic (exact) mass is 345 g/mol. The lowest BCUT2D eigenvalue weighted by Crippen LogP contribution is -1.95. The Hall–Kier alpha value is -1.69. The van der Waals surface area contributed by atoms with E-state index in [1.54, 1.807) is 18.2 Å². The number of phenols is 1. The molecule has 5 nitrogen and oxygen atoms in total. The molecule has 0 bridgehead atoms. The molecule has 2 N–H and O–H groups in total. The lowest BCUT2D eigenvalue weighted by molar-refractivity contribution is 0.373. The number of nitrogens with one attached hydrogen (secondary N) is 1. The normalized spacial score (nSPS) is 10.9. The number of halogens is 3. The van der Waals surface area contributed by atoms with Gasteiger partial charge in [-0.15, -0.1) is 0 Å². The van der Waals surface area contributed by atoms with Crippen LogP contribution in [-0.4, -0.2) is 23.4 Å². The third-order valence-corrected chi connectivity index (χ3v) is 3.25. The van der Waals surface area contributed by atoms with Gasteiger partial charge in [-0.3, -0.25) is 5.43 Å². The maximum Gasteiger partial charge on any atom is 0.176 e. The summed E-state index contributed by atoms with van der Waals surface area (Å²) in [6.45, 7) is 0. The first-order valence-electron chi connectivity index (χ1n) is 5.68. The molecule has 0 amide bonds. The Labute approximate surface area is 136 Å². The first-order chi connectivity index (χ1) is 10.0. The molecule has 0 fully saturated rings. The molecule has 0 atom stereocenters. The summed E-state index contributed by atoms with van der Waals surface area (Å²) < 4.78 is 5.00. The number of methoxy groups -OCH3 is 1. The molecule has 0 spiro atoms. The zero-order valence-electron chi connectivity index (χ0n) is 10.8. The van der Waals surface area contributed by atoms with Crippen molar-refractivity contribution in [2.75, 3.05) is 12.5 Å². The fourth-order valence-electron chi connectivity index (χ4n) is 1.49. The fourth-order valence-corrected chi connectivity index (χ4v) is 2.13. The van der Waals surface area contributed by atoms with Crippen molar-refractivity contribution in [3.05, 3.63) is 45.0 Å². The van der Waals surface area contributed by atoms with Crippen LogP contribution in [0.1, 0.15) is 5.56 Å². The van der Waals surface area contributed by atoms with Crippen molar-refractivity contribution in [1.82, 2.24) is 4.98 Å². The molecule has 1 aromatic heterocycles. The predicted molar refractivity (Wildman–Crippen MR) is 85.1 cm³/mol. The summed E-state index contributed by atoms with van der Waals surface area (Å²) in [5, 5.41) is 14.6. The molecule has 0 aliphatic carbocycles.